The van der Waals surface area contributed by atoms with Crippen LogP contribution in [0.1, 0.15) is 61.6 Å². The fraction of sp³-hybridized carbons (Fsp3) is 0.333. The predicted molar refractivity (Wildman–Crippen MR) is 144 cm³/mol. The Morgan fingerprint density at radius 1 is 0.543 bits per heavy atom. The van der Waals surface area contributed by atoms with E-state index in [0.29, 0.717) is 6.54 Å². The van der Waals surface area contributed by atoms with Gasteiger partial charge in [0.2, 0.25) is 0 Å². The van der Waals surface area contributed by atoms with E-state index in [4.69, 9.17) is 5.73 Å². The lowest BCUT2D eigenvalue weighted by Crippen LogP contribution is -2.23. The Morgan fingerprint density at radius 3 is 1.46 bits per heavy atom. The Kier molecular flexibility index (Phi) is 10.7. The van der Waals surface area contributed by atoms with Crippen LogP contribution in [0.5, 0.6) is 17.2 Å². The molecule has 6 N–H and O–H groups in total. The number of hydrogen-bond acceptors (Lipinski definition) is 5. The van der Waals surface area contributed by atoms with Crippen LogP contribution in [0.2, 0.25) is 0 Å². The minimum Gasteiger partial charge on any atom is -0.508 e. The lowest BCUT2D eigenvalue weighted by molar-refractivity contribution is 0.474. The van der Waals surface area contributed by atoms with Crippen molar-refractivity contribution >= 4 is 11.1 Å². The first-order valence-electron chi connectivity index (χ1n) is 12.6. The Labute approximate surface area is 209 Å². The molecule has 0 heterocycles. The maximum Gasteiger partial charge on any atom is 0.115 e. The molecule has 0 aliphatic rings. The quantitative estimate of drug-likeness (QED) is 0.145. The molecule has 0 fully saturated rings. The standard InChI is InChI=1S/C30H38N2O3/c31-20-22-32-21-6-4-2-1-3-5-7-29(23-8-14-26(33)15-9-23)30(24-10-16-27(34)17-11-24)25-12-18-28(35)19-13-25/h8-19,32-35H,1-7,20-22,31H2. The van der Waals surface area contributed by atoms with E-state index in [1.807, 2.05) is 36.4 Å². The van der Waals surface area contributed by atoms with E-state index in [1.54, 1.807) is 36.4 Å². The van der Waals surface area contributed by atoms with E-state index < -0.39 is 0 Å². The fourth-order valence-corrected chi connectivity index (χ4v) is 4.33. The highest BCUT2D eigenvalue weighted by Gasteiger charge is 2.15. The van der Waals surface area contributed by atoms with Crippen LogP contribution in [0, 0.1) is 0 Å². The predicted octanol–water partition coefficient (Wildman–Crippen LogP) is 6.04. The van der Waals surface area contributed by atoms with Crippen LogP contribution >= 0.6 is 0 Å². The second kappa shape index (κ2) is 14.2. The topological polar surface area (TPSA) is 98.7 Å². The van der Waals surface area contributed by atoms with Crippen molar-refractivity contribution in [1.82, 2.24) is 5.32 Å². The molecule has 5 heteroatoms. The molecule has 0 saturated carbocycles. The largest absolute Gasteiger partial charge is 0.508 e. The number of nitrogens with one attached hydrogen (secondary N) is 1. The molecule has 3 rings (SSSR count). The average molecular weight is 475 g/mol. The van der Waals surface area contributed by atoms with Crippen LogP contribution in [0.4, 0.5) is 0 Å². The number of hydrogen-bond donors (Lipinski definition) is 5. The zero-order valence-electron chi connectivity index (χ0n) is 20.4. The normalized spacial score (nSPS) is 10.9. The molecule has 0 aliphatic heterocycles. The van der Waals surface area contributed by atoms with Crippen LogP contribution in [0.25, 0.3) is 11.1 Å². The zero-order chi connectivity index (χ0) is 24.9. The number of allylic oxidation sites excluding steroid dienone is 1. The highest BCUT2D eigenvalue weighted by molar-refractivity contribution is 5.98. The molecule has 0 spiro atoms. The van der Waals surface area contributed by atoms with Crippen molar-refractivity contribution in [3.05, 3.63) is 89.5 Å². The first-order chi connectivity index (χ1) is 17.1. The lowest BCUT2D eigenvalue weighted by Gasteiger charge is -2.18. The zero-order valence-corrected chi connectivity index (χ0v) is 20.4. The van der Waals surface area contributed by atoms with Crippen LogP contribution in [-0.4, -0.2) is 35.0 Å². The van der Waals surface area contributed by atoms with Gasteiger partial charge in [-0.05, 0) is 90.0 Å². The van der Waals surface area contributed by atoms with Gasteiger partial charge in [-0.25, -0.2) is 0 Å². The highest BCUT2D eigenvalue weighted by Crippen LogP contribution is 2.37. The summed E-state index contributed by atoms with van der Waals surface area (Å²) in [4.78, 5) is 0. The van der Waals surface area contributed by atoms with Gasteiger partial charge in [0.25, 0.3) is 0 Å². The van der Waals surface area contributed by atoms with E-state index in [9.17, 15) is 15.3 Å². The first kappa shape index (κ1) is 26.3. The lowest BCUT2D eigenvalue weighted by atomic mass is 9.86. The van der Waals surface area contributed by atoms with Gasteiger partial charge in [-0.2, -0.15) is 0 Å². The summed E-state index contributed by atoms with van der Waals surface area (Å²) in [6.45, 7) is 2.61. The van der Waals surface area contributed by atoms with Crippen molar-refractivity contribution in [2.45, 2.75) is 44.9 Å². The summed E-state index contributed by atoms with van der Waals surface area (Å²) in [7, 11) is 0. The third-order valence-electron chi connectivity index (χ3n) is 6.18. The smallest absolute Gasteiger partial charge is 0.115 e. The molecule has 0 atom stereocenters. The fourth-order valence-electron chi connectivity index (χ4n) is 4.33. The van der Waals surface area contributed by atoms with E-state index in [-0.39, 0.29) is 17.2 Å². The van der Waals surface area contributed by atoms with E-state index in [1.165, 1.54) is 31.3 Å². The average Bonchev–Trinajstić information content (AvgIpc) is 2.87. The molecule has 0 aliphatic carbocycles. The summed E-state index contributed by atoms with van der Waals surface area (Å²) < 4.78 is 0. The Bertz CT molecular complexity index is 995. The molecular weight excluding hydrogens is 436 g/mol. The minimum absolute atomic E-state index is 0.225. The van der Waals surface area contributed by atoms with Crippen LogP contribution < -0.4 is 11.1 Å². The summed E-state index contributed by atoms with van der Waals surface area (Å²) >= 11 is 0. The monoisotopic (exact) mass is 474 g/mol. The number of unbranched alkanes of at least 4 members (excludes halogenated alkanes) is 5. The molecule has 0 bridgehead atoms. The number of aromatic hydroxyl groups is 3. The molecule has 0 radical (unpaired) electrons. The van der Waals surface area contributed by atoms with Crippen molar-refractivity contribution in [2.24, 2.45) is 5.73 Å². The Balaban J connectivity index is 1.81. The summed E-state index contributed by atoms with van der Waals surface area (Å²) in [5.74, 6) is 0.691. The summed E-state index contributed by atoms with van der Waals surface area (Å²) in [6.07, 6.45) is 7.94. The summed E-state index contributed by atoms with van der Waals surface area (Å²) in [5, 5.41) is 32.9. The van der Waals surface area contributed by atoms with E-state index in [2.05, 4.69) is 5.32 Å². The minimum atomic E-state index is 0.225. The van der Waals surface area contributed by atoms with Gasteiger partial charge in [-0.15, -0.1) is 0 Å². The molecule has 3 aromatic rings. The van der Waals surface area contributed by atoms with E-state index in [0.717, 1.165) is 54.6 Å². The van der Waals surface area contributed by atoms with Gasteiger partial charge in [-0.1, -0.05) is 62.1 Å². The van der Waals surface area contributed by atoms with Crippen LogP contribution in [0.3, 0.4) is 0 Å². The molecule has 0 aromatic heterocycles. The van der Waals surface area contributed by atoms with Crippen LogP contribution in [-0.2, 0) is 0 Å². The molecule has 3 aromatic carbocycles. The molecule has 0 unspecified atom stereocenters. The number of phenols is 3. The third kappa shape index (κ3) is 8.46. The molecule has 0 amide bonds. The number of benzene rings is 3. The number of phenolic OH excluding ortho intramolecular Hbond substituents is 3. The van der Waals surface area contributed by atoms with Crippen molar-refractivity contribution in [2.75, 3.05) is 19.6 Å². The van der Waals surface area contributed by atoms with Gasteiger partial charge in [0.1, 0.15) is 17.2 Å². The van der Waals surface area contributed by atoms with Gasteiger partial charge in [-0.3, -0.25) is 0 Å². The highest BCUT2D eigenvalue weighted by atomic mass is 16.3. The van der Waals surface area contributed by atoms with Gasteiger partial charge in [0, 0.05) is 13.1 Å². The number of rotatable bonds is 14. The van der Waals surface area contributed by atoms with Crippen LogP contribution in [0.15, 0.2) is 72.8 Å². The summed E-state index contributed by atoms with van der Waals surface area (Å²) in [6, 6.07) is 21.9. The number of nitrogens with two attached hydrogens (primary N) is 1. The van der Waals surface area contributed by atoms with Gasteiger partial charge in [0.15, 0.2) is 0 Å². The second-order valence-corrected chi connectivity index (χ2v) is 8.90. The van der Waals surface area contributed by atoms with Crippen molar-refractivity contribution in [1.29, 1.82) is 0 Å². The first-order valence-corrected chi connectivity index (χ1v) is 12.6. The molecule has 0 saturated heterocycles. The summed E-state index contributed by atoms with van der Waals surface area (Å²) in [5.41, 5.74) is 10.8. The SMILES string of the molecule is NCCNCCCCCCCCC(=C(c1ccc(O)cc1)c1ccc(O)cc1)c1ccc(O)cc1. The van der Waals surface area contributed by atoms with Crippen molar-refractivity contribution in [3.8, 4) is 17.2 Å². The van der Waals surface area contributed by atoms with Crippen molar-refractivity contribution in [3.63, 3.8) is 0 Å². The van der Waals surface area contributed by atoms with E-state index >= 15 is 0 Å². The maximum atomic E-state index is 9.85. The molecule has 186 valence electrons. The molecule has 35 heavy (non-hydrogen) atoms. The Morgan fingerprint density at radius 2 is 0.971 bits per heavy atom. The Hall–Kier alpha value is -3.28. The third-order valence-corrected chi connectivity index (χ3v) is 6.18. The second-order valence-electron chi connectivity index (χ2n) is 8.90. The maximum absolute atomic E-state index is 9.85. The van der Waals surface area contributed by atoms with Crippen molar-refractivity contribution < 1.29 is 15.3 Å². The van der Waals surface area contributed by atoms with Gasteiger partial charge >= 0.3 is 0 Å². The molecule has 5 nitrogen and oxygen atoms in total. The molecular formula is C30H38N2O3. The van der Waals surface area contributed by atoms with Gasteiger partial charge < -0.3 is 26.4 Å². The van der Waals surface area contributed by atoms with Gasteiger partial charge in [0.05, 0.1) is 0 Å².